The number of hydrogen-bond donors (Lipinski definition) is 3. The highest BCUT2D eigenvalue weighted by Crippen LogP contribution is 2.38. The van der Waals surface area contributed by atoms with E-state index in [-0.39, 0.29) is 23.9 Å². The first kappa shape index (κ1) is 17.9. The maximum atomic E-state index is 11.8. The summed E-state index contributed by atoms with van der Waals surface area (Å²) in [5.74, 6) is -5.04. The van der Waals surface area contributed by atoms with Crippen LogP contribution in [-0.2, 0) is 14.3 Å². The number of nitrogens with two attached hydrogens (primary N) is 1. The highest BCUT2D eigenvalue weighted by Gasteiger charge is 2.44. The molecule has 1 aliphatic rings. The molecule has 2 atom stereocenters. The molecule has 0 saturated carbocycles. The zero-order valence-corrected chi connectivity index (χ0v) is 14.0. The highest BCUT2D eigenvalue weighted by atomic mass is 32.2. The second-order valence-electron chi connectivity index (χ2n) is 5.05. The van der Waals surface area contributed by atoms with Crippen LogP contribution in [0.4, 0.5) is 0 Å². The first-order chi connectivity index (χ1) is 11.4. The molecule has 1 heterocycles. The van der Waals surface area contributed by atoms with Gasteiger partial charge in [0.1, 0.15) is 11.7 Å². The van der Waals surface area contributed by atoms with E-state index < -0.39 is 23.8 Å². The fourth-order valence-corrected chi connectivity index (χ4v) is 3.06. The SMILES string of the molecule is CCOC1=NC(N)=C(C(=O)O)C(c2ccc(SC)cc2)C1C(=O)O. The summed E-state index contributed by atoms with van der Waals surface area (Å²) < 4.78 is 5.31. The lowest BCUT2D eigenvalue weighted by molar-refractivity contribution is -0.140. The number of carboxylic acids is 2. The third kappa shape index (κ3) is 3.38. The lowest BCUT2D eigenvalue weighted by atomic mass is 9.78. The summed E-state index contributed by atoms with van der Waals surface area (Å²) in [6.07, 6.45) is 1.91. The van der Waals surface area contributed by atoms with Crippen LogP contribution in [-0.4, -0.2) is 40.9 Å². The van der Waals surface area contributed by atoms with Crippen LogP contribution in [0.25, 0.3) is 0 Å². The second-order valence-corrected chi connectivity index (χ2v) is 5.93. The van der Waals surface area contributed by atoms with Crippen molar-refractivity contribution in [2.45, 2.75) is 17.7 Å². The van der Waals surface area contributed by atoms with E-state index in [4.69, 9.17) is 10.5 Å². The van der Waals surface area contributed by atoms with E-state index in [1.807, 2.05) is 6.26 Å². The van der Waals surface area contributed by atoms with E-state index in [0.29, 0.717) is 5.56 Å². The molecule has 7 nitrogen and oxygen atoms in total. The highest BCUT2D eigenvalue weighted by molar-refractivity contribution is 7.98. The van der Waals surface area contributed by atoms with Crippen LogP contribution in [0.2, 0.25) is 0 Å². The summed E-state index contributed by atoms with van der Waals surface area (Å²) in [6, 6.07) is 7.02. The fourth-order valence-electron chi connectivity index (χ4n) is 2.65. The average Bonchev–Trinajstić information content (AvgIpc) is 2.53. The minimum atomic E-state index is -1.29. The van der Waals surface area contributed by atoms with Crippen molar-refractivity contribution in [2.75, 3.05) is 12.9 Å². The predicted molar refractivity (Wildman–Crippen MR) is 90.0 cm³/mol. The molecule has 8 heteroatoms. The van der Waals surface area contributed by atoms with Gasteiger partial charge in [-0.3, -0.25) is 4.79 Å². The van der Waals surface area contributed by atoms with Crippen LogP contribution >= 0.6 is 11.8 Å². The first-order valence-electron chi connectivity index (χ1n) is 7.21. The molecule has 0 bridgehead atoms. The van der Waals surface area contributed by atoms with Crippen LogP contribution in [0.1, 0.15) is 18.4 Å². The molecule has 4 N–H and O–H groups in total. The Morgan fingerprint density at radius 3 is 2.38 bits per heavy atom. The van der Waals surface area contributed by atoms with Crippen LogP contribution in [0.5, 0.6) is 0 Å². The number of thioether (sulfide) groups is 1. The standard InChI is InChI=1S/C16H18N2O5S/c1-3-23-14-12(16(21)22)10(11(15(19)20)13(17)18-14)8-4-6-9(24-2)7-5-8/h4-7,10,12H,3,17H2,1-2H3,(H,19,20)(H,21,22). The molecule has 1 aromatic rings. The molecule has 0 saturated heterocycles. The number of aliphatic carboxylic acids is 2. The van der Waals surface area contributed by atoms with Gasteiger partial charge in [0.25, 0.3) is 0 Å². The zero-order chi connectivity index (χ0) is 17.9. The maximum absolute atomic E-state index is 11.8. The number of hydrogen-bond acceptors (Lipinski definition) is 6. The van der Waals surface area contributed by atoms with Gasteiger partial charge in [-0.2, -0.15) is 4.99 Å². The third-order valence-electron chi connectivity index (χ3n) is 3.68. The number of carbonyl (C=O) groups is 2. The molecule has 0 spiro atoms. The van der Waals surface area contributed by atoms with E-state index in [9.17, 15) is 19.8 Å². The van der Waals surface area contributed by atoms with Crippen molar-refractivity contribution in [3.05, 3.63) is 41.2 Å². The van der Waals surface area contributed by atoms with Crippen molar-refractivity contribution in [3.63, 3.8) is 0 Å². The minimum Gasteiger partial charge on any atom is -0.481 e. The summed E-state index contributed by atoms with van der Waals surface area (Å²) >= 11 is 1.53. The Balaban J connectivity index is 2.62. The number of carboxylic acid groups (broad SMARTS) is 2. The molecule has 1 aromatic carbocycles. The molecule has 1 aliphatic heterocycles. The van der Waals surface area contributed by atoms with Crippen LogP contribution in [0, 0.1) is 5.92 Å². The van der Waals surface area contributed by atoms with E-state index in [0.717, 1.165) is 4.90 Å². The lowest BCUT2D eigenvalue weighted by Gasteiger charge is -2.29. The van der Waals surface area contributed by atoms with Crippen LogP contribution in [0.3, 0.4) is 0 Å². The largest absolute Gasteiger partial charge is 0.481 e. The smallest absolute Gasteiger partial charge is 0.335 e. The number of ether oxygens (including phenoxy) is 1. The molecular weight excluding hydrogens is 332 g/mol. The Morgan fingerprint density at radius 1 is 1.29 bits per heavy atom. The lowest BCUT2D eigenvalue weighted by Crippen LogP contribution is -2.38. The predicted octanol–water partition coefficient (Wildman–Crippen LogP) is 1.90. The summed E-state index contributed by atoms with van der Waals surface area (Å²) in [5, 5.41) is 19.1. The molecule has 0 amide bonds. The van der Waals surface area contributed by atoms with E-state index in [1.54, 1.807) is 31.2 Å². The number of benzene rings is 1. The summed E-state index contributed by atoms with van der Waals surface area (Å²) in [7, 11) is 0. The summed E-state index contributed by atoms with van der Waals surface area (Å²) in [5.41, 5.74) is 6.08. The minimum absolute atomic E-state index is 0.0774. The monoisotopic (exact) mass is 350 g/mol. The third-order valence-corrected chi connectivity index (χ3v) is 4.42. The Hall–Kier alpha value is -2.48. The average molecular weight is 350 g/mol. The van der Waals surface area contributed by atoms with Gasteiger partial charge in [0.05, 0.1) is 12.2 Å². The molecule has 24 heavy (non-hydrogen) atoms. The molecule has 0 radical (unpaired) electrons. The van der Waals surface area contributed by atoms with Gasteiger partial charge >= 0.3 is 11.9 Å². The molecule has 2 unspecified atom stereocenters. The van der Waals surface area contributed by atoms with Gasteiger partial charge in [0.15, 0.2) is 0 Å². The van der Waals surface area contributed by atoms with Gasteiger partial charge in [-0.25, -0.2) is 4.79 Å². The van der Waals surface area contributed by atoms with Crippen molar-refractivity contribution >= 4 is 29.6 Å². The van der Waals surface area contributed by atoms with E-state index >= 15 is 0 Å². The Bertz CT molecular complexity index is 712. The van der Waals surface area contributed by atoms with Gasteiger partial charge in [-0.05, 0) is 30.9 Å². The fraction of sp³-hybridized carbons (Fsp3) is 0.312. The second kappa shape index (κ2) is 7.39. The summed E-state index contributed by atoms with van der Waals surface area (Å²) in [4.78, 5) is 28.3. The molecule has 2 rings (SSSR count). The molecule has 0 aromatic heterocycles. The van der Waals surface area contributed by atoms with Crippen LogP contribution < -0.4 is 5.73 Å². The number of nitrogens with zero attached hydrogens (tertiary/aromatic N) is 1. The maximum Gasteiger partial charge on any atom is 0.335 e. The molecular formula is C16H18N2O5S. The number of aliphatic imine (C=N–C) groups is 1. The summed E-state index contributed by atoms with van der Waals surface area (Å²) in [6.45, 7) is 1.90. The van der Waals surface area contributed by atoms with Gasteiger partial charge in [-0.15, -0.1) is 11.8 Å². The van der Waals surface area contributed by atoms with Gasteiger partial charge in [0, 0.05) is 10.8 Å². The van der Waals surface area contributed by atoms with Crippen molar-refractivity contribution < 1.29 is 24.5 Å². The van der Waals surface area contributed by atoms with Gasteiger partial charge in [-0.1, -0.05) is 12.1 Å². The Labute approximate surface area is 143 Å². The van der Waals surface area contributed by atoms with Crippen LogP contribution in [0.15, 0.2) is 45.5 Å². The zero-order valence-electron chi connectivity index (χ0n) is 13.2. The topological polar surface area (TPSA) is 122 Å². The molecule has 0 aliphatic carbocycles. The van der Waals surface area contributed by atoms with Gasteiger partial charge in [0.2, 0.25) is 5.90 Å². The normalized spacial score (nSPS) is 20.5. The number of rotatable bonds is 5. The van der Waals surface area contributed by atoms with E-state index in [1.165, 1.54) is 11.8 Å². The van der Waals surface area contributed by atoms with Gasteiger partial charge < -0.3 is 20.7 Å². The van der Waals surface area contributed by atoms with E-state index in [2.05, 4.69) is 4.99 Å². The molecule has 0 fully saturated rings. The van der Waals surface area contributed by atoms with Crippen molar-refractivity contribution in [1.82, 2.24) is 0 Å². The van der Waals surface area contributed by atoms with Crippen molar-refractivity contribution in [2.24, 2.45) is 16.6 Å². The van der Waals surface area contributed by atoms with Crippen molar-refractivity contribution in [1.29, 1.82) is 0 Å². The quantitative estimate of drug-likeness (QED) is 0.693. The molecule has 128 valence electrons. The Morgan fingerprint density at radius 2 is 1.92 bits per heavy atom. The first-order valence-corrected chi connectivity index (χ1v) is 8.44. The van der Waals surface area contributed by atoms with Crippen molar-refractivity contribution in [3.8, 4) is 0 Å². The Kier molecular flexibility index (Phi) is 5.50.